The highest BCUT2D eigenvalue weighted by molar-refractivity contribution is 6.01. The highest BCUT2D eigenvalue weighted by Crippen LogP contribution is 2.22. The van der Waals surface area contributed by atoms with Gasteiger partial charge in [-0.25, -0.2) is 4.79 Å². The lowest BCUT2D eigenvalue weighted by Crippen LogP contribution is -2.50. The van der Waals surface area contributed by atoms with Crippen molar-refractivity contribution < 1.29 is 23.9 Å². The Balaban J connectivity index is 1.62. The van der Waals surface area contributed by atoms with E-state index in [0.717, 1.165) is 39.1 Å². The van der Waals surface area contributed by atoms with E-state index < -0.39 is 5.97 Å². The van der Waals surface area contributed by atoms with Crippen LogP contribution in [0.15, 0.2) is 0 Å². The molecule has 3 heterocycles. The molecular weight excluding hydrogens is 362 g/mol. The summed E-state index contributed by atoms with van der Waals surface area (Å²) < 4.78 is 10.5. The van der Waals surface area contributed by atoms with Gasteiger partial charge < -0.3 is 19.4 Å². The topological polar surface area (TPSA) is 91.9 Å². The molecule has 28 heavy (non-hydrogen) atoms. The van der Waals surface area contributed by atoms with Crippen LogP contribution in [0.2, 0.25) is 0 Å². The van der Waals surface area contributed by atoms with Gasteiger partial charge in [-0.15, -0.1) is 0 Å². The number of Topliss-reactive ketones (excluding diaryl/α,β-unsaturated/α-hetero) is 1. The van der Waals surface area contributed by atoms with Crippen LogP contribution >= 0.6 is 0 Å². The molecule has 0 aromatic carbocycles. The van der Waals surface area contributed by atoms with Crippen molar-refractivity contribution in [2.75, 3.05) is 46.4 Å². The van der Waals surface area contributed by atoms with Crippen LogP contribution in [0.1, 0.15) is 51.9 Å². The largest absolute Gasteiger partial charge is 0.465 e. The Kier molecular flexibility index (Phi) is 6.51. The number of rotatable bonds is 6. The molecule has 0 bridgehead atoms. The van der Waals surface area contributed by atoms with Gasteiger partial charge >= 0.3 is 5.97 Å². The van der Waals surface area contributed by atoms with E-state index in [1.54, 1.807) is 6.92 Å². The smallest absolute Gasteiger partial charge is 0.339 e. The molecule has 0 aliphatic carbocycles. The van der Waals surface area contributed by atoms with Crippen molar-refractivity contribution in [3.05, 3.63) is 22.5 Å². The molecule has 2 aliphatic rings. The summed E-state index contributed by atoms with van der Waals surface area (Å²) in [6.07, 6.45) is 2.60. The molecule has 8 heteroatoms. The van der Waals surface area contributed by atoms with Crippen LogP contribution in [0.4, 0.5) is 0 Å². The lowest BCUT2D eigenvalue weighted by molar-refractivity contribution is -0.132. The first-order valence-corrected chi connectivity index (χ1v) is 9.83. The molecule has 154 valence electrons. The zero-order chi connectivity index (χ0) is 20.3. The number of H-pyrrole nitrogens is 1. The molecule has 8 nitrogen and oxygen atoms in total. The molecule has 1 unspecified atom stereocenters. The number of hydrogen-bond acceptors (Lipinski definition) is 6. The van der Waals surface area contributed by atoms with Crippen LogP contribution in [0.3, 0.4) is 0 Å². The monoisotopic (exact) mass is 391 g/mol. The number of nitrogens with zero attached hydrogens (tertiary/aromatic N) is 2. The second-order valence-corrected chi connectivity index (χ2v) is 7.52. The van der Waals surface area contributed by atoms with Crippen LogP contribution < -0.4 is 0 Å². The Bertz CT molecular complexity index is 743. The first-order chi connectivity index (χ1) is 13.4. The zero-order valence-electron chi connectivity index (χ0n) is 16.9. The lowest BCUT2D eigenvalue weighted by atomic mass is 10.1. The summed E-state index contributed by atoms with van der Waals surface area (Å²) >= 11 is 0. The van der Waals surface area contributed by atoms with Gasteiger partial charge in [-0.3, -0.25) is 14.5 Å². The molecule has 0 saturated carbocycles. The molecule has 1 amide bonds. The van der Waals surface area contributed by atoms with Gasteiger partial charge in [0.2, 0.25) is 5.91 Å². The van der Waals surface area contributed by atoms with Gasteiger partial charge in [-0.2, -0.15) is 0 Å². The number of carbonyl (C=O) groups excluding carboxylic acids is 3. The van der Waals surface area contributed by atoms with Crippen LogP contribution in [-0.2, 0) is 20.7 Å². The summed E-state index contributed by atoms with van der Waals surface area (Å²) in [5.41, 5.74) is 1.62. The van der Waals surface area contributed by atoms with Gasteiger partial charge in [0.25, 0.3) is 0 Å². The second kappa shape index (κ2) is 8.87. The number of piperazine rings is 1. The van der Waals surface area contributed by atoms with Gasteiger partial charge in [0.1, 0.15) is 0 Å². The fraction of sp³-hybridized carbons (Fsp3) is 0.650. The van der Waals surface area contributed by atoms with Crippen molar-refractivity contribution in [3.63, 3.8) is 0 Å². The number of ether oxygens (including phenoxy) is 2. The predicted molar refractivity (Wildman–Crippen MR) is 103 cm³/mol. The number of hydrogen-bond donors (Lipinski definition) is 1. The van der Waals surface area contributed by atoms with Crippen molar-refractivity contribution in [2.24, 2.45) is 0 Å². The maximum absolute atomic E-state index is 12.8. The van der Waals surface area contributed by atoms with Crippen LogP contribution in [-0.4, -0.2) is 85.0 Å². The van der Waals surface area contributed by atoms with Crippen molar-refractivity contribution in [1.29, 1.82) is 0 Å². The summed E-state index contributed by atoms with van der Waals surface area (Å²) in [7, 11) is 1.29. The van der Waals surface area contributed by atoms with Crippen LogP contribution in [0.25, 0.3) is 0 Å². The van der Waals surface area contributed by atoms with Crippen molar-refractivity contribution in [1.82, 2.24) is 14.8 Å². The van der Waals surface area contributed by atoms with Gasteiger partial charge in [0.15, 0.2) is 5.78 Å². The summed E-state index contributed by atoms with van der Waals surface area (Å²) in [6.45, 7) is 7.83. The summed E-state index contributed by atoms with van der Waals surface area (Å²) in [5, 5.41) is 0. The average molecular weight is 391 g/mol. The Labute approximate surface area is 165 Å². The Hall–Kier alpha value is -2.19. The van der Waals surface area contributed by atoms with Crippen LogP contribution in [0, 0.1) is 6.92 Å². The number of methoxy groups -OCH3 is 1. The highest BCUT2D eigenvalue weighted by Gasteiger charge is 2.28. The first kappa shape index (κ1) is 20.5. The second-order valence-electron chi connectivity index (χ2n) is 7.52. The van der Waals surface area contributed by atoms with Crippen molar-refractivity contribution >= 4 is 17.7 Å². The standard InChI is InChI=1S/C20H29N3O5/c1-13-18(20(26)27-3)16(21-19(13)14(2)24)11-17(25)23-8-6-22(7-9-23)12-15-5-4-10-28-15/h15,21H,4-12H2,1-3H3. The molecule has 0 radical (unpaired) electrons. The molecule has 3 rings (SSSR count). The molecule has 0 spiro atoms. The number of amides is 1. The van der Waals surface area contributed by atoms with Gasteiger partial charge in [0, 0.05) is 51.9 Å². The van der Waals surface area contributed by atoms with E-state index in [4.69, 9.17) is 9.47 Å². The number of aromatic amines is 1. The van der Waals surface area contributed by atoms with E-state index in [1.807, 2.05) is 4.90 Å². The summed E-state index contributed by atoms with van der Waals surface area (Å²) in [4.78, 5) is 43.9. The van der Waals surface area contributed by atoms with E-state index in [0.29, 0.717) is 36.1 Å². The van der Waals surface area contributed by atoms with E-state index >= 15 is 0 Å². The third kappa shape index (κ3) is 4.44. The fourth-order valence-corrected chi connectivity index (χ4v) is 4.04. The summed E-state index contributed by atoms with van der Waals surface area (Å²) in [5.74, 6) is -0.771. The Morgan fingerprint density at radius 3 is 2.50 bits per heavy atom. The fourth-order valence-electron chi connectivity index (χ4n) is 4.04. The minimum Gasteiger partial charge on any atom is -0.465 e. The number of ketones is 1. The quantitative estimate of drug-likeness (QED) is 0.578. The summed E-state index contributed by atoms with van der Waals surface area (Å²) in [6, 6.07) is 0. The third-order valence-corrected chi connectivity index (χ3v) is 5.61. The number of carbonyl (C=O) groups is 3. The van der Waals surface area contributed by atoms with Crippen molar-refractivity contribution in [3.8, 4) is 0 Å². The predicted octanol–water partition coefficient (Wildman–Crippen LogP) is 1.18. The number of aromatic nitrogens is 1. The molecule has 2 fully saturated rings. The molecule has 2 aliphatic heterocycles. The van der Waals surface area contributed by atoms with E-state index in [1.165, 1.54) is 14.0 Å². The Morgan fingerprint density at radius 1 is 1.21 bits per heavy atom. The molecule has 1 atom stereocenters. The van der Waals surface area contributed by atoms with Gasteiger partial charge in [-0.1, -0.05) is 0 Å². The van der Waals surface area contributed by atoms with E-state index in [-0.39, 0.29) is 23.7 Å². The Morgan fingerprint density at radius 2 is 1.93 bits per heavy atom. The van der Waals surface area contributed by atoms with Gasteiger partial charge in [0.05, 0.1) is 30.9 Å². The van der Waals surface area contributed by atoms with E-state index in [9.17, 15) is 14.4 Å². The lowest BCUT2D eigenvalue weighted by Gasteiger charge is -2.35. The average Bonchev–Trinajstić information content (AvgIpc) is 3.29. The van der Waals surface area contributed by atoms with E-state index in [2.05, 4.69) is 9.88 Å². The molecule has 2 saturated heterocycles. The first-order valence-electron chi connectivity index (χ1n) is 9.83. The minimum atomic E-state index is -0.537. The number of esters is 1. The normalized spacial score (nSPS) is 20.4. The molecule has 1 N–H and O–H groups in total. The molecule has 1 aromatic rings. The SMILES string of the molecule is COC(=O)c1c(CC(=O)N2CCN(CC3CCCO3)CC2)[nH]c(C(C)=O)c1C. The van der Waals surface area contributed by atoms with Crippen LogP contribution in [0.5, 0.6) is 0 Å². The zero-order valence-corrected chi connectivity index (χ0v) is 16.9. The molecule has 1 aromatic heterocycles. The third-order valence-electron chi connectivity index (χ3n) is 5.61. The molecular formula is C20H29N3O5. The highest BCUT2D eigenvalue weighted by atomic mass is 16.5. The minimum absolute atomic E-state index is 0.0459. The number of nitrogens with one attached hydrogen (secondary N) is 1. The van der Waals surface area contributed by atoms with Gasteiger partial charge in [-0.05, 0) is 25.3 Å². The maximum atomic E-state index is 12.8. The van der Waals surface area contributed by atoms with Crippen molar-refractivity contribution in [2.45, 2.75) is 39.2 Å². The maximum Gasteiger partial charge on any atom is 0.339 e.